The summed E-state index contributed by atoms with van der Waals surface area (Å²) in [6, 6.07) is 7.32. The number of carbonyl (C=O) groups excluding carboxylic acids is 1. The van der Waals surface area contributed by atoms with Crippen molar-refractivity contribution in [2.75, 3.05) is 25.6 Å². The van der Waals surface area contributed by atoms with Crippen LogP contribution in [-0.2, 0) is 4.79 Å². The number of benzene rings is 1. The van der Waals surface area contributed by atoms with Gasteiger partial charge in [0.25, 0.3) is 5.91 Å². The summed E-state index contributed by atoms with van der Waals surface area (Å²) in [5.41, 5.74) is 4.40. The van der Waals surface area contributed by atoms with Gasteiger partial charge in [-0.2, -0.15) is 0 Å². The van der Waals surface area contributed by atoms with Gasteiger partial charge in [-0.1, -0.05) is 0 Å². The molecule has 0 atom stereocenters. The van der Waals surface area contributed by atoms with Crippen molar-refractivity contribution in [3.05, 3.63) is 24.3 Å². The summed E-state index contributed by atoms with van der Waals surface area (Å²) in [4.78, 5) is 12.9. The van der Waals surface area contributed by atoms with E-state index in [1.807, 2.05) is 24.3 Å². The molecule has 0 aliphatic carbocycles. The van der Waals surface area contributed by atoms with E-state index in [1.54, 1.807) is 19.1 Å². The van der Waals surface area contributed by atoms with Gasteiger partial charge in [0.15, 0.2) is 6.54 Å². The maximum Gasteiger partial charge on any atom is 0.281 e. The van der Waals surface area contributed by atoms with E-state index >= 15 is 0 Å². The number of ether oxygens (including phenoxy) is 1. The second-order valence-corrected chi connectivity index (χ2v) is 2.90. The fourth-order valence-electron chi connectivity index (χ4n) is 1.12. The van der Waals surface area contributed by atoms with E-state index < -0.39 is 0 Å². The standard InChI is InChI=1S/C10H14N2O2/c1-12(10(13)7-11)8-3-5-9(14-2)6-4-8/h3-6H,7,11H2,1-2H3/p+1. The maximum atomic E-state index is 11.3. The van der Waals surface area contributed by atoms with Crippen molar-refractivity contribution in [2.45, 2.75) is 0 Å². The Balaban J connectivity index is 2.81. The first-order chi connectivity index (χ1) is 6.69. The average molecular weight is 195 g/mol. The fourth-order valence-corrected chi connectivity index (χ4v) is 1.12. The summed E-state index contributed by atoms with van der Waals surface area (Å²) in [5, 5.41) is 0. The van der Waals surface area contributed by atoms with Gasteiger partial charge in [0.1, 0.15) is 5.75 Å². The quantitative estimate of drug-likeness (QED) is 0.732. The van der Waals surface area contributed by atoms with Crippen LogP contribution in [0, 0.1) is 0 Å². The van der Waals surface area contributed by atoms with E-state index in [-0.39, 0.29) is 12.5 Å². The zero-order chi connectivity index (χ0) is 10.6. The summed E-state index contributed by atoms with van der Waals surface area (Å²) < 4.78 is 5.02. The number of hydrogen-bond acceptors (Lipinski definition) is 2. The van der Waals surface area contributed by atoms with Gasteiger partial charge < -0.3 is 15.4 Å². The molecule has 0 aliphatic heterocycles. The molecule has 0 unspecified atom stereocenters. The molecule has 0 spiro atoms. The Kier molecular flexibility index (Phi) is 3.48. The smallest absolute Gasteiger partial charge is 0.281 e. The van der Waals surface area contributed by atoms with Crippen molar-refractivity contribution < 1.29 is 15.3 Å². The Bertz CT molecular complexity index is 308. The molecular weight excluding hydrogens is 180 g/mol. The minimum Gasteiger partial charge on any atom is -0.497 e. The molecule has 0 heterocycles. The minimum atomic E-state index is -0.00448. The molecule has 1 amide bonds. The SMILES string of the molecule is COc1ccc(N(C)C(=O)C[NH3+])cc1. The van der Waals surface area contributed by atoms with E-state index in [4.69, 9.17) is 4.74 Å². The predicted molar refractivity (Wildman–Crippen MR) is 54.2 cm³/mol. The molecule has 0 bridgehead atoms. The van der Waals surface area contributed by atoms with Gasteiger partial charge in [0.2, 0.25) is 0 Å². The van der Waals surface area contributed by atoms with Crippen molar-refractivity contribution in [2.24, 2.45) is 0 Å². The molecule has 3 N–H and O–H groups in total. The first-order valence-electron chi connectivity index (χ1n) is 4.39. The van der Waals surface area contributed by atoms with E-state index in [0.717, 1.165) is 11.4 Å². The van der Waals surface area contributed by atoms with Gasteiger partial charge in [0, 0.05) is 12.7 Å². The summed E-state index contributed by atoms with van der Waals surface area (Å²) in [6.45, 7) is 0.266. The number of hydrogen-bond donors (Lipinski definition) is 1. The number of carbonyl (C=O) groups is 1. The molecule has 0 radical (unpaired) electrons. The summed E-state index contributed by atoms with van der Waals surface area (Å²) in [5.74, 6) is 0.777. The second kappa shape index (κ2) is 4.62. The maximum absolute atomic E-state index is 11.3. The van der Waals surface area contributed by atoms with Crippen LogP contribution >= 0.6 is 0 Å². The molecule has 1 aromatic carbocycles. The van der Waals surface area contributed by atoms with E-state index in [9.17, 15) is 4.79 Å². The zero-order valence-electron chi connectivity index (χ0n) is 8.49. The van der Waals surface area contributed by atoms with E-state index in [0.29, 0.717) is 0 Å². The van der Waals surface area contributed by atoms with Crippen molar-refractivity contribution in [1.29, 1.82) is 0 Å². The molecule has 0 saturated carbocycles. The lowest BCUT2D eigenvalue weighted by Gasteiger charge is -2.15. The van der Waals surface area contributed by atoms with Crippen LogP contribution in [0.25, 0.3) is 0 Å². The van der Waals surface area contributed by atoms with Crippen molar-refractivity contribution in [3.63, 3.8) is 0 Å². The lowest BCUT2D eigenvalue weighted by molar-refractivity contribution is -0.354. The van der Waals surface area contributed by atoms with Crippen LogP contribution in [0.4, 0.5) is 5.69 Å². The first kappa shape index (κ1) is 10.5. The number of methoxy groups -OCH3 is 1. The zero-order valence-corrected chi connectivity index (χ0v) is 8.49. The minimum absolute atomic E-state index is 0.00448. The highest BCUT2D eigenvalue weighted by molar-refractivity contribution is 5.93. The molecule has 1 aromatic rings. The van der Waals surface area contributed by atoms with Crippen molar-refractivity contribution >= 4 is 11.6 Å². The molecular formula is C10H15N2O2+. The molecule has 4 nitrogen and oxygen atoms in total. The van der Waals surface area contributed by atoms with Gasteiger partial charge >= 0.3 is 0 Å². The summed E-state index contributed by atoms with van der Waals surface area (Å²) >= 11 is 0. The van der Waals surface area contributed by atoms with Gasteiger partial charge in [-0.05, 0) is 24.3 Å². The number of likely N-dealkylation sites (N-methyl/N-ethyl adjacent to an activating group) is 1. The largest absolute Gasteiger partial charge is 0.497 e. The fraction of sp³-hybridized carbons (Fsp3) is 0.300. The van der Waals surface area contributed by atoms with Gasteiger partial charge in [-0.3, -0.25) is 4.79 Å². The molecule has 0 fully saturated rings. The normalized spacial score (nSPS) is 9.64. The molecule has 0 aromatic heterocycles. The summed E-state index contributed by atoms with van der Waals surface area (Å²) in [7, 11) is 3.34. The number of quaternary nitrogens is 1. The van der Waals surface area contributed by atoms with Gasteiger partial charge in [0.05, 0.1) is 7.11 Å². The van der Waals surface area contributed by atoms with Crippen molar-refractivity contribution in [1.82, 2.24) is 0 Å². The Morgan fingerprint density at radius 3 is 2.43 bits per heavy atom. The number of nitrogens with zero attached hydrogens (tertiary/aromatic N) is 1. The highest BCUT2D eigenvalue weighted by atomic mass is 16.5. The van der Waals surface area contributed by atoms with E-state index in [1.165, 1.54) is 0 Å². The van der Waals surface area contributed by atoms with Crippen LogP contribution in [0.15, 0.2) is 24.3 Å². The molecule has 1 rings (SSSR count). The Labute approximate surface area is 83.3 Å². The van der Waals surface area contributed by atoms with Crippen LogP contribution < -0.4 is 15.4 Å². The third kappa shape index (κ3) is 2.23. The lowest BCUT2D eigenvalue weighted by atomic mass is 10.3. The Hall–Kier alpha value is -1.55. The third-order valence-electron chi connectivity index (χ3n) is 2.05. The second-order valence-electron chi connectivity index (χ2n) is 2.90. The Morgan fingerprint density at radius 1 is 1.43 bits per heavy atom. The van der Waals surface area contributed by atoms with Crippen molar-refractivity contribution in [3.8, 4) is 5.75 Å². The topological polar surface area (TPSA) is 57.2 Å². The van der Waals surface area contributed by atoms with Gasteiger partial charge in [-0.25, -0.2) is 0 Å². The van der Waals surface area contributed by atoms with Crippen LogP contribution in [0.5, 0.6) is 5.75 Å². The predicted octanol–water partition coefficient (Wildman–Crippen LogP) is -0.100. The highest BCUT2D eigenvalue weighted by Gasteiger charge is 2.09. The highest BCUT2D eigenvalue weighted by Crippen LogP contribution is 2.17. The Morgan fingerprint density at radius 2 is 2.00 bits per heavy atom. The molecule has 76 valence electrons. The third-order valence-corrected chi connectivity index (χ3v) is 2.05. The number of anilines is 1. The molecule has 0 aliphatic rings. The summed E-state index contributed by atoms with van der Waals surface area (Å²) in [6.07, 6.45) is 0. The first-order valence-corrected chi connectivity index (χ1v) is 4.39. The molecule has 14 heavy (non-hydrogen) atoms. The van der Waals surface area contributed by atoms with E-state index in [2.05, 4.69) is 5.73 Å². The van der Waals surface area contributed by atoms with Crippen LogP contribution in [0.3, 0.4) is 0 Å². The van der Waals surface area contributed by atoms with Crippen LogP contribution in [0.1, 0.15) is 0 Å². The number of rotatable bonds is 3. The van der Waals surface area contributed by atoms with Crippen LogP contribution in [0.2, 0.25) is 0 Å². The monoisotopic (exact) mass is 195 g/mol. The number of amides is 1. The average Bonchev–Trinajstić information content (AvgIpc) is 2.27. The molecule has 4 heteroatoms. The molecule has 0 saturated heterocycles. The lowest BCUT2D eigenvalue weighted by Crippen LogP contribution is -2.57. The van der Waals surface area contributed by atoms with Gasteiger partial charge in [-0.15, -0.1) is 0 Å². The van der Waals surface area contributed by atoms with Crippen LogP contribution in [-0.4, -0.2) is 26.6 Å².